The summed E-state index contributed by atoms with van der Waals surface area (Å²) >= 11 is 0. The first-order valence-corrected chi connectivity index (χ1v) is 15.5. The maximum Gasteiger partial charge on any atom is 0.137 e. The van der Waals surface area contributed by atoms with Crippen LogP contribution in [0.4, 0.5) is 0 Å². The van der Waals surface area contributed by atoms with E-state index in [1.807, 2.05) is 48.8 Å². The van der Waals surface area contributed by atoms with Crippen molar-refractivity contribution in [1.82, 2.24) is 14.5 Å². The number of pyridine rings is 2. The average molecular weight is 594 g/mol. The van der Waals surface area contributed by atoms with E-state index in [0.29, 0.717) is 0 Å². The zero-order valence-corrected chi connectivity index (χ0v) is 25.7. The van der Waals surface area contributed by atoms with E-state index in [0.717, 1.165) is 50.6 Å². The van der Waals surface area contributed by atoms with Gasteiger partial charge in [0.05, 0.1) is 16.7 Å². The summed E-state index contributed by atoms with van der Waals surface area (Å²) in [6.45, 7) is 4.38. The zero-order chi connectivity index (χ0) is 31.0. The molecule has 4 heteroatoms. The number of benzene rings is 5. The van der Waals surface area contributed by atoms with Gasteiger partial charge in [-0.2, -0.15) is 0 Å². The highest BCUT2D eigenvalue weighted by Gasteiger charge is 2.15. The highest BCUT2D eigenvalue weighted by atomic mass is 16.5. The van der Waals surface area contributed by atoms with Crippen LogP contribution >= 0.6 is 0 Å². The van der Waals surface area contributed by atoms with Gasteiger partial charge < -0.3 is 4.74 Å². The Bertz CT molecular complexity index is 2330. The number of ether oxygens (including phenoxy) is 1. The quantitative estimate of drug-likeness (QED) is 0.193. The van der Waals surface area contributed by atoms with Gasteiger partial charge in [0.1, 0.15) is 17.3 Å². The number of para-hydroxylation sites is 1. The van der Waals surface area contributed by atoms with Crippen LogP contribution in [0.1, 0.15) is 11.1 Å². The molecule has 220 valence electrons. The second kappa shape index (κ2) is 11.5. The molecule has 0 saturated carbocycles. The molecule has 0 fully saturated rings. The van der Waals surface area contributed by atoms with Crippen molar-refractivity contribution < 1.29 is 4.74 Å². The summed E-state index contributed by atoms with van der Waals surface area (Å²) in [5.41, 5.74) is 11.4. The standard InChI is InChI=1S/C42H31N3O/c1-28-23-33(30-11-4-3-5-12-30)24-29(2)42(28)32-20-22-43-38(26-32)31-13-10-14-34(25-31)46-35-18-19-37-36-15-6-7-16-39(36)45(40(37)27-35)41-17-8-9-21-44-41/h3-27H,1-2H3. The van der Waals surface area contributed by atoms with Crippen molar-refractivity contribution in [3.63, 3.8) is 0 Å². The number of nitrogens with zero attached hydrogens (tertiary/aromatic N) is 3. The molecule has 0 aliphatic heterocycles. The lowest BCUT2D eigenvalue weighted by Crippen LogP contribution is -1.96. The van der Waals surface area contributed by atoms with Crippen LogP contribution in [0.15, 0.2) is 152 Å². The highest BCUT2D eigenvalue weighted by Crippen LogP contribution is 2.37. The predicted octanol–water partition coefficient (Wildman–Crippen LogP) is 11.0. The molecule has 3 heterocycles. The molecule has 0 saturated heterocycles. The van der Waals surface area contributed by atoms with Crippen LogP contribution in [-0.4, -0.2) is 14.5 Å². The maximum absolute atomic E-state index is 6.48. The first-order chi connectivity index (χ1) is 22.6. The predicted molar refractivity (Wildman–Crippen MR) is 189 cm³/mol. The number of hydrogen-bond acceptors (Lipinski definition) is 3. The first-order valence-electron chi connectivity index (χ1n) is 15.5. The molecule has 0 radical (unpaired) electrons. The Kier molecular flexibility index (Phi) is 6.88. The molecular formula is C42H31N3O. The van der Waals surface area contributed by atoms with Crippen molar-refractivity contribution in [1.29, 1.82) is 0 Å². The molecule has 0 atom stereocenters. The second-order valence-electron chi connectivity index (χ2n) is 11.6. The monoisotopic (exact) mass is 593 g/mol. The van der Waals surface area contributed by atoms with E-state index in [1.54, 1.807) is 0 Å². The Labute approximate surface area is 268 Å². The van der Waals surface area contributed by atoms with Gasteiger partial charge in [0.15, 0.2) is 0 Å². The first kappa shape index (κ1) is 27.5. The third-order valence-corrected chi connectivity index (χ3v) is 8.58. The number of fused-ring (bicyclic) bond motifs is 3. The number of hydrogen-bond donors (Lipinski definition) is 0. The van der Waals surface area contributed by atoms with E-state index in [4.69, 9.17) is 9.72 Å². The van der Waals surface area contributed by atoms with Crippen molar-refractivity contribution >= 4 is 21.8 Å². The minimum atomic E-state index is 0.754. The Morgan fingerprint density at radius 3 is 2.04 bits per heavy atom. The van der Waals surface area contributed by atoms with Gasteiger partial charge in [-0.05, 0) is 102 Å². The number of aromatic nitrogens is 3. The molecule has 0 spiro atoms. The molecule has 0 aliphatic rings. The van der Waals surface area contributed by atoms with Crippen LogP contribution in [0.3, 0.4) is 0 Å². The second-order valence-corrected chi connectivity index (χ2v) is 11.6. The third kappa shape index (κ3) is 5.00. The summed E-state index contributed by atoms with van der Waals surface area (Å²) in [5, 5.41) is 2.34. The summed E-state index contributed by atoms with van der Waals surface area (Å²) in [6, 6.07) is 48.2. The lowest BCUT2D eigenvalue weighted by molar-refractivity contribution is 0.483. The molecule has 0 N–H and O–H groups in total. The summed E-state index contributed by atoms with van der Waals surface area (Å²) in [6.07, 6.45) is 3.72. The van der Waals surface area contributed by atoms with E-state index in [2.05, 4.69) is 127 Å². The molecule has 0 bridgehead atoms. The van der Waals surface area contributed by atoms with Gasteiger partial charge in [0, 0.05) is 34.8 Å². The van der Waals surface area contributed by atoms with Crippen molar-refractivity contribution in [2.75, 3.05) is 0 Å². The lowest BCUT2D eigenvalue weighted by atomic mass is 9.91. The summed E-state index contributed by atoms with van der Waals surface area (Å²) in [5.74, 6) is 2.39. The minimum Gasteiger partial charge on any atom is -0.457 e. The molecule has 8 rings (SSSR count). The van der Waals surface area contributed by atoms with E-state index in [-0.39, 0.29) is 0 Å². The Morgan fingerprint density at radius 1 is 0.478 bits per heavy atom. The fourth-order valence-corrected chi connectivity index (χ4v) is 6.56. The molecule has 8 aromatic rings. The molecule has 0 unspecified atom stereocenters. The van der Waals surface area contributed by atoms with Gasteiger partial charge in [0.2, 0.25) is 0 Å². The van der Waals surface area contributed by atoms with E-state index >= 15 is 0 Å². The van der Waals surface area contributed by atoms with Crippen molar-refractivity contribution in [2.45, 2.75) is 13.8 Å². The molecule has 4 nitrogen and oxygen atoms in total. The SMILES string of the molecule is Cc1cc(-c2ccccc2)cc(C)c1-c1ccnc(-c2cccc(Oc3ccc4c5ccccc5n(-c5ccccn5)c4c3)c2)c1. The van der Waals surface area contributed by atoms with Gasteiger partial charge in [-0.15, -0.1) is 0 Å². The van der Waals surface area contributed by atoms with Crippen LogP contribution in [0.2, 0.25) is 0 Å². The fourth-order valence-electron chi connectivity index (χ4n) is 6.56. The normalized spacial score (nSPS) is 11.3. The van der Waals surface area contributed by atoms with E-state index in [9.17, 15) is 0 Å². The van der Waals surface area contributed by atoms with Gasteiger partial charge in [-0.25, -0.2) is 4.98 Å². The lowest BCUT2D eigenvalue weighted by Gasteiger charge is -2.14. The fraction of sp³-hybridized carbons (Fsp3) is 0.0476. The zero-order valence-electron chi connectivity index (χ0n) is 25.7. The molecular weight excluding hydrogens is 562 g/mol. The van der Waals surface area contributed by atoms with E-state index in [1.165, 1.54) is 33.2 Å². The summed E-state index contributed by atoms with van der Waals surface area (Å²) in [4.78, 5) is 9.41. The Morgan fingerprint density at radius 2 is 1.22 bits per heavy atom. The molecule has 5 aromatic carbocycles. The molecule has 46 heavy (non-hydrogen) atoms. The van der Waals surface area contributed by atoms with Crippen LogP contribution in [0.5, 0.6) is 11.5 Å². The molecule has 0 aliphatic carbocycles. The summed E-state index contributed by atoms with van der Waals surface area (Å²) < 4.78 is 8.68. The van der Waals surface area contributed by atoms with Gasteiger partial charge in [-0.3, -0.25) is 9.55 Å². The topological polar surface area (TPSA) is 39.9 Å². The van der Waals surface area contributed by atoms with Crippen LogP contribution in [-0.2, 0) is 0 Å². The van der Waals surface area contributed by atoms with Crippen molar-refractivity contribution in [3.05, 3.63) is 163 Å². The highest BCUT2D eigenvalue weighted by molar-refractivity contribution is 6.09. The minimum absolute atomic E-state index is 0.754. The average Bonchev–Trinajstić information content (AvgIpc) is 3.42. The third-order valence-electron chi connectivity index (χ3n) is 8.58. The van der Waals surface area contributed by atoms with Crippen LogP contribution in [0, 0.1) is 13.8 Å². The summed E-state index contributed by atoms with van der Waals surface area (Å²) in [7, 11) is 0. The number of aryl methyl sites for hydroxylation is 2. The number of rotatable bonds is 6. The van der Waals surface area contributed by atoms with Crippen LogP contribution < -0.4 is 4.74 Å². The molecule has 0 amide bonds. The van der Waals surface area contributed by atoms with Gasteiger partial charge in [0.25, 0.3) is 0 Å². The van der Waals surface area contributed by atoms with E-state index < -0.39 is 0 Å². The van der Waals surface area contributed by atoms with Crippen molar-refractivity contribution in [2.24, 2.45) is 0 Å². The molecule has 3 aromatic heterocycles. The Hall–Kier alpha value is -6.00. The Balaban J connectivity index is 1.13. The van der Waals surface area contributed by atoms with Crippen LogP contribution in [0.25, 0.3) is 61.1 Å². The van der Waals surface area contributed by atoms with Gasteiger partial charge >= 0.3 is 0 Å². The smallest absolute Gasteiger partial charge is 0.137 e. The largest absolute Gasteiger partial charge is 0.457 e. The van der Waals surface area contributed by atoms with Crippen molar-refractivity contribution in [3.8, 4) is 50.8 Å². The maximum atomic E-state index is 6.48. The van der Waals surface area contributed by atoms with Gasteiger partial charge in [-0.1, -0.05) is 78.9 Å².